The lowest BCUT2D eigenvalue weighted by Gasteiger charge is -2.33. The van der Waals surface area contributed by atoms with Crippen LogP contribution in [-0.2, 0) is 10.3 Å². The van der Waals surface area contributed by atoms with Gasteiger partial charge in [-0.25, -0.2) is 0 Å². The van der Waals surface area contributed by atoms with Crippen LogP contribution in [0, 0.1) is 0 Å². The number of halogens is 2. The van der Waals surface area contributed by atoms with Crippen LogP contribution < -0.4 is 5.73 Å². The van der Waals surface area contributed by atoms with E-state index in [9.17, 15) is 4.79 Å². The molecule has 6 heteroatoms. The van der Waals surface area contributed by atoms with Gasteiger partial charge in [-0.2, -0.15) is 0 Å². The van der Waals surface area contributed by atoms with Crippen LogP contribution in [-0.4, -0.2) is 48.4 Å². The number of hydrogen-bond acceptors (Lipinski definition) is 3. The quantitative estimate of drug-likeness (QED) is 0.876. The average molecular weight is 362 g/mol. The molecule has 0 aliphatic carbocycles. The predicted octanol–water partition coefficient (Wildman–Crippen LogP) is 2.65. The minimum atomic E-state index is -0.967. The summed E-state index contributed by atoms with van der Waals surface area (Å²) < 4.78 is 0. The highest BCUT2D eigenvalue weighted by atomic mass is 35.5. The molecule has 23 heavy (non-hydrogen) atoms. The highest BCUT2D eigenvalue weighted by Crippen LogP contribution is 2.22. The second-order valence-electron chi connectivity index (χ2n) is 6.18. The molecule has 1 aliphatic rings. The molecule has 1 amide bonds. The molecule has 2 N–H and O–H groups in total. The maximum absolute atomic E-state index is 12.7. The van der Waals surface area contributed by atoms with Crippen LogP contribution in [0.15, 0.2) is 30.3 Å². The average Bonchev–Trinajstić information content (AvgIpc) is 2.94. The summed E-state index contributed by atoms with van der Waals surface area (Å²) in [6.45, 7) is 6.92. The summed E-state index contributed by atoms with van der Waals surface area (Å²) in [5.41, 5.74) is 6.21. The van der Waals surface area contributed by atoms with Crippen molar-refractivity contribution < 1.29 is 4.79 Å². The second-order valence-corrected chi connectivity index (χ2v) is 6.18. The first-order valence-electron chi connectivity index (χ1n) is 7.80. The Labute approximate surface area is 152 Å². The van der Waals surface area contributed by atoms with E-state index in [1.54, 1.807) is 11.8 Å². The normalized spacial score (nSPS) is 20.1. The summed E-state index contributed by atoms with van der Waals surface area (Å²) in [6.07, 6.45) is 2.39. The number of nitrogens with two attached hydrogens (primary N) is 1. The molecule has 1 saturated heterocycles. The third-order valence-electron chi connectivity index (χ3n) is 4.55. The fourth-order valence-electron chi connectivity index (χ4n) is 3.22. The van der Waals surface area contributed by atoms with Gasteiger partial charge in [0.1, 0.15) is 5.54 Å². The molecule has 0 aromatic heterocycles. The van der Waals surface area contributed by atoms with Crippen LogP contribution in [0.5, 0.6) is 0 Å². The Bertz CT molecular complexity index is 482. The maximum Gasteiger partial charge on any atom is 0.246 e. The standard InChI is InChI=1S/C17H27N3O.2ClH/c1-4-20-12-8-11-15(20)13-19(3)16(21)17(2,18)14-9-6-5-7-10-14;;/h5-7,9-10,15H,4,8,11-13,18H2,1-3H3;2*1H. The van der Waals surface area contributed by atoms with Gasteiger partial charge < -0.3 is 10.6 Å². The summed E-state index contributed by atoms with van der Waals surface area (Å²) in [5, 5.41) is 0. The Kier molecular flexibility index (Phi) is 9.14. The summed E-state index contributed by atoms with van der Waals surface area (Å²) in [6, 6.07) is 10.1. The third kappa shape index (κ3) is 5.08. The monoisotopic (exact) mass is 361 g/mol. The number of benzene rings is 1. The van der Waals surface area contributed by atoms with E-state index in [1.807, 2.05) is 37.4 Å². The molecule has 0 spiro atoms. The van der Waals surface area contributed by atoms with Gasteiger partial charge in [0.15, 0.2) is 0 Å². The molecule has 0 radical (unpaired) electrons. The topological polar surface area (TPSA) is 49.6 Å². The first-order valence-corrected chi connectivity index (χ1v) is 7.80. The Morgan fingerprint density at radius 3 is 2.52 bits per heavy atom. The molecule has 0 bridgehead atoms. The van der Waals surface area contributed by atoms with Crippen LogP contribution >= 0.6 is 24.8 Å². The Morgan fingerprint density at radius 1 is 1.35 bits per heavy atom. The minimum Gasteiger partial charge on any atom is -0.342 e. The van der Waals surface area contributed by atoms with Crippen LogP contribution in [0.2, 0.25) is 0 Å². The van der Waals surface area contributed by atoms with Crippen LogP contribution in [0.1, 0.15) is 32.3 Å². The summed E-state index contributed by atoms with van der Waals surface area (Å²) in [5.74, 6) is -0.0170. The first kappa shape index (κ1) is 22.2. The van der Waals surface area contributed by atoms with Crippen LogP contribution in [0.3, 0.4) is 0 Å². The van der Waals surface area contributed by atoms with Crippen molar-refractivity contribution in [1.82, 2.24) is 9.80 Å². The molecule has 2 atom stereocenters. The molecular weight excluding hydrogens is 333 g/mol. The van der Waals surface area contributed by atoms with Crippen LogP contribution in [0.4, 0.5) is 0 Å². The zero-order chi connectivity index (χ0) is 15.5. The summed E-state index contributed by atoms with van der Waals surface area (Å²) in [7, 11) is 1.86. The van der Waals surface area contributed by atoms with Crippen molar-refractivity contribution in [3.8, 4) is 0 Å². The van der Waals surface area contributed by atoms with Crippen molar-refractivity contribution >= 4 is 30.7 Å². The highest BCUT2D eigenvalue weighted by Gasteiger charge is 2.35. The lowest BCUT2D eigenvalue weighted by molar-refractivity contribution is -0.136. The van der Waals surface area contributed by atoms with Crippen molar-refractivity contribution in [2.75, 3.05) is 26.7 Å². The van der Waals surface area contributed by atoms with Gasteiger partial charge in [-0.3, -0.25) is 9.69 Å². The molecular formula is C17H29Cl2N3O. The second kappa shape index (κ2) is 9.48. The third-order valence-corrected chi connectivity index (χ3v) is 4.55. The molecule has 0 saturated carbocycles. The van der Waals surface area contributed by atoms with Crippen LogP contribution in [0.25, 0.3) is 0 Å². The number of hydrogen-bond donors (Lipinski definition) is 1. The largest absolute Gasteiger partial charge is 0.342 e. The SMILES string of the molecule is CCN1CCCC1CN(C)C(=O)C(C)(N)c1ccccc1.Cl.Cl. The van der Waals surface area contributed by atoms with E-state index in [0.29, 0.717) is 6.04 Å². The van der Waals surface area contributed by atoms with Crippen molar-refractivity contribution in [2.45, 2.75) is 38.3 Å². The van der Waals surface area contributed by atoms with Gasteiger partial charge in [0.25, 0.3) is 0 Å². The minimum absolute atomic E-state index is 0. The van der Waals surface area contributed by atoms with Crippen molar-refractivity contribution in [3.63, 3.8) is 0 Å². The number of nitrogens with zero attached hydrogens (tertiary/aromatic N) is 2. The molecule has 2 rings (SSSR count). The van der Waals surface area contributed by atoms with E-state index < -0.39 is 5.54 Å². The van der Waals surface area contributed by atoms with E-state index in [2.05, 4.69) is 11.8 Å². The molecule has 1 aromatic rings. The lowest BCUT2D eigenvalue weighted by atomic mass is 9.91. The number of carbonyl (C=O) groups excluding carboxylic acids is 1. The van der Waals surface area contributed by atoms with Gasteiger partial charge in [0.2, 0.25) is 5.91 Å². The van der Waals surface area contributed by atoms with E-state index >= 15 is 0 Å². The van der Waals surface area contributed by atoms with E-state index in [-0.39, 0.29) is 30.7 Å². The number of amides is 1. The summed E-state index contributed by atoms with van der Waals surface area (Å²) >= 11 is 0. The van der Waals surface area contributed by atoms with E-state index in [0.717, 1.165) is 31.6 Å². The fraction of sp³-hybridized carbons (Fsp3) is 0.588. The number of carbonyl (C=O) groups is 1. The highest BCUT2D eigenvalue weighted by molar-refractivity contribution is 5.87. The Morgan fingerprint density at radius 2 is 1.96 bits per heavy atom. The number of likely N-dealkylation sites (N-methyl/N-ethyl adjacent to an activating group) is 2. The van der Waals surface area contributed by atoms with E-state index in [4.69, 9.17) is 5.73 Å². The van der Waals surface area contributed by atoms with Gasteiger partial charge in [-0.05, 0) is 38.4 Å². The number of rotatable bonds is 5. The molecule has 2 unspecified atom stereocenters. The molecule has 1 aromatic carbocycles. The molecule has 132 valence electrons. The first-order chi connectivity index (χ1) is 9.96. The Hall–Kier alpha value is -0.810. The van der Waals surface area contributed by atoms with E-state index in [1.165, 1.54) is 6.42 Å². The lowest BCUT2D eigenvalue weighted by Crippen LogP contribution is -2.52. The molecule has 1 fully saturated rings. The number of likely N-dealkylation sites (tertiary alicyclic amines) is 1. The fourth-order valence-corrected chi connectivity index (χ4v) is 3.22. The molecule has 1 heterocycles. The molecule has 4 nitrogen and oxygen atoms in total. The van der Waals surface area contributed by atoms with Gasteiger partial charge in [0.05, 0.1) is 0 Å². The zero-order valence-electron chi connectivity index (χ0n) is 14.2. The van der Waals surface area contributed by atoms with Gasteiger partial charge in [-0.1, -0.05) is 37.3 Å². The smallest absolute Gasteiger partial charge is 0.246 e. The Balaban J connectivity index is 0.00000242. The molecule has 1 aliphatic heterocycles. The predicted molar refractivity (Wildman–Crippen MR) is 100 cm³/mol. The maximum atomic E-state index is 12.7. The van der Waals surface area contributed by atoms with Crippen molar-refractivity contribution in [3.05, 3.63) is 35.9 Å². The van der Waals surface area contributed by atoms with Gasteiger partial charge in [0, 0.05) is 19.6 Å². The van der Waals surface area contributed by atoms with Gasteiger partial charge in [-0.15, -0.1) is 24.8 Å². The van der Waals surface area contributed by atoms with Crippen molar-refractivity contribution in [2.24, 2.45) is 5.73 Å². The van der Waals surface area contributed by atoms with Gasteiger partial charge >= 0.3 is 0 Å². The van der Waals surface area contributed by atoms with Crippen molar-refractivity contribution in [1.29, 1.82) is 0 Å². The summed E-state index contributed by atoms with van der Waals surface area (Å²) in [4.78, 5) is 17.0. The zero-order valence-corrected chi connectivity index (χ0v) is 15.8.